The van der Waals surface area contributed by atoms with Crippen molar-refractivity contribution < 1.29 is 22.7 Å². The molecule has 0 fully saturated rings. The van der Waals surface area contributed by atoms with Gasteiger partial charge in [-0.2, -0.15) is 13.2 Å². The van der Waals surface area contributed by atoms with E-state index >= 15 is 0 Å². The van der Waals surface area contributed by atoms with Crippen molar-refractivity contribution in [3.63, 3.8) is 0 Å². The van der Waals surface area contributed by atoms with Crippen LogP contribution in [0, 0.1) is 0 Å². The topological polar surface area (TPSA) is 29.5 Å². The van der Waals surface area contributed by atoms with Gasteiger partial charge in [0, 0.05) is 18.7 Å². The molecule has 0 aromatic heterocycles. The van der Waals surface area contributed by atoms with Crippen molar-refractivity contribution in [2.45, 2.75) is 12.6 Å². The highest BCUT2D eigenvalue weighted by molar-refractivity contribution is 5.98. The van der Waals surface area contributed by atoms with Gasteiger partial charge < -0.3 is 9.64 Å². The molecular formula is C15H16F3NO2. The van der Waals surface area contributed by atoms with E-state index in [0.717, 1.165) is 6.07 Å². The SMILES string of the molecule is COC(=O)C1=C(c2ccccc2C(F)(F)F)CN(C)CC1. The van der Waals surface area contributed by atoms with Crippen molar-refractivity contribution in [3.8, 4) is 0 Å². The summed E-state index contributed by atoms with van der Waals surface area (Å²) in [6.07, 6.45) is -4.08. The maximum absolute atomic E-state index is 13.2. The number of ether oxygens (including phenoxy) is 1. The second-order valence-electron chi connectivity index (χ2n) is 4.98. The predicted molar refractivity (Wildman–Crippen MR) is 72.5 cm³/mol. The minimum atomic E-state index is -4.46. The van der Waals surface area contributed by atoms with E-state index in [1.807, 2.05) is 11.9 Å². The molecule has 1 aromatic carbocycles. The number of hydrogen-bond donors (Lipinski definition) is 0. The van der Waals surface area contributed by atoms with Gasteiger partial charge in [-0.15, -0.1) is 0 Å². The summed E-state index contributed by atoms with van der Waals surface area (Å²) in [5.74, 6) is -0.560. The highest BCUT2D eigenvalue weighted by Gasteiger charge is 2.35. The number of rotatable bonds is 2. The Hall–Kier alpha value is -1.82. The summed E-state index contributed by atoms with van der Waals surface area (Å²) in [4.78, 5) is 13.7. The number of carbonyl (C=O) groups is 1. The van der Waals surface area contributed by atoms with E-state index in [0.29, 0.717) is 24.1 Å². The Bertz CT molecular complexity index is 579. The number of benzene rings is 1. The molecule has 1 aliphatic heterocycles. The molecule has 1 aromatic rings. The summed E-state index contributed by atoms with van der Waals surface area (Å²) in [5.41, 5.74) is 0.0458. The lowest BCUT2D eigenvalue weighted by Crippen LogP contribution is -2.30. The molecule has 2 rings (SSSR count). The third kappa shape index (κ3) is 3.26. The van der Waals surface area contributed by atoms with E-state index in [-0.39, 0.29) is 12.1 Å². The van der Waals surface area contributed by atoms with Gasteiger partial charge in [0.1, 0.15) is 0 Å². The number of esters is 1. The molecule has 0 N–H and O–H groups in total. The first kappa shape index (κ1) is 15.6. The van der Waals surface area contributed by atoms with Crippen LogP contribution in [0.25, 0.3) is 5.57 Å². The molecule has 3 nitrogen and oxygen atoms in total. The fourth-order valence-corrected chi connectivity index (χ4v) is 2.49. The number of alkyl halides is 3. The Kier molecular flexibility index (Phi) is 4.37. The molecule has 1 aliphatic rings. The normalized spacial score (nSPS) is 17.0. The summed E-state index contributed by atoms with van der Waals surface area (Å²) in [7, 11) is 3.05. The van der Waals surface area contributed by atoms with Gasteiger partial charge in [-0.05, 0) is 30.7 Å². The maximum atomic E-state index is 13.2. The molecule has 1 heterocycles. The zero-order valence-electron chi connectivity index (χ0n) is 11.8. The molecular weight excluding hydrogens is 283 g/mol. The third-order valence-electron chi connectivity index (χ3n) is 3.53. The standard InChI is InChI=1S/C15H16F3NO2/c1-19-8-7-11(14(20)21-2)12(9-19)10-5-3-4-6-13(10)15(16,17)18/h3-6H,7-9H2,1-2H3. The monoisotopic (exact) mass is 299 g/mol. The molecule has 0 aliphatic carbocycles. The second-order valence-corrected chi connectivity index (χ2v) is 4.98. The van der Waals surface area contributed by atoms with Crippen LogP contribution in [0.15, 0.2) is 29.8 Å². The molecule has 0 radical (unpaired) electrons. The van der Waals surface area contributed by atoms with Crippen LogP contribution in [0.2, 0.25) is 0 Å². The smallest absolute Gasteiger partial charge is 0.416 e. The van der Waals surface area contributed by atoms with Gasteiger partial charge >= 0.3 is 12.1 Å². The van der Waals surface area contributed by atoms with Crippen LogP contribution in [0.1, 0.15) is 17.5 Å². The fourth-order valence-electron chi connectivity index (χ4n) is 2.49. The largest absolute Gasteiger partial charge is 0.466 e. The quantitative estimate of drug-likeness (QED) is 0.786. The summed E-state index contributed by atoms with van der Waals surface area (Å²) in [6.45, 7) is 0.902. The average Bonchev–Trinajstić information content (AvgIpc) is 2.45. The number of hydrogen-bond acceptors (Lipinski definition) is 3. The van der Waals surface area contributed by atoms with Crippen molar-refractivity contribution >= 4 is 11.5 Å². The Morgan fingerprint density at radius 1 is 1.29 bits per heavy atom. The molecule has 0 bridgehead atoms. The van der Waals surface area contributed by atoms with E-state index in [9.17, 15) is 18.0 Å². The van der Waals surface area contributed by atoms with Crippen LogP contribution < -0.4 is 0 Å². The van der Waals surface area contributed by atoms with Gasteiger partial charge in [0.05, 0.1) is 12.7 Å². The molecule has 0 amide bonds. The van der Waals surface area contributed by atoms with E-state index < -0.39 is 17.7 Å². The first-order valence-corrected chi connectivity index (χ1v) is 6.50. The molecule has 0 saturated carbocycles. The molecule has 6 heteroatoms. The second kappa shape index (κ2) is 5.89. The molecule has 21 heavy (non-hydrogen) atoms. The highest BCUT2D eigenvalue weighted by Crippen LogP contribution is 2.37. The van der Waals surface area contributed by atoms with E-state index in [1.165, 1.54) is 19.2 Å². The number of nitrogens with zero attached hydrogens (tertiary/aromatic N) is 1. The molecule has 114 valence electrons. The van der Waals surface area contributed by atoms with E-state index in [1.54, 1.807) is 6.07 Å². The van der Waals surface area contributed by atoms with Crippen molar-refractivity contribution in [3.05, 3.63) is 41.0 Å². The van der Waals surface area contributed by atoms with Crippen molar-refractivity contribution in [1.29, 1.82) is 0 Å². The lowest BCUT2D eigenvalue weighted by Gasteiger charge is -2.28. The minimum Gasteiger partial charge on any atom is -0.466 e. The van der Waals surface area contributed by atoms with E-state index in [4.69, 9.17) is 4.74 Å². The number of halogens is 3. The zero-order chi connectivity index (χ0) is 15.6. The average molecular weight is 299 g/mol. The van der Waals surface area contributed by atoms with Gasteiger partial charge in [-0.25, -0.2) is 4.79 Å². The summed E-state index contributed by atoms with van der Waals surface area (Å²) in [5, 5.41) is 0. The first-order chi connectivity index (χ1) is 9.84. The van der Waals surface area contributed by atoms with Gasteiger partial charge in [0.2, 0.25) is 0 Å². The summed E-state index contributed by atoms with van der Waals surface area (Å²) >= 11 is 0. The lowest BCUT2D eigenvalue weighted by atomic mass is 9.91. The number of methoxy groups -OCH3 is 1. The van der Waals surface area contributed by atoms with Gasteiger partial charge in [0.15, 0.2) is 0 Å². The van der Waals surface area contributed by atoms with Crippen LogP contribution in [0.4, 0.5) is 13.2 Å². The van der Waals surface area contributed by atoms with E-state index in [2.05, 4.69) is 0 Å². The Morgan fingerprint density at radius 2 is 1.95 bits per heavy atom. The van der Waals surface area contributed by atoms with Crippen LogP contribution in [0.3, 0.4) is 0 Å². The van der Waals surface area contributed by atoms with Crippen LogP contribution >= 0.6 is 0 Å². The van der Waals surface area contributed by atoms with Crippen molar-refractivity contribution in [1.82, 2.24) is 4.90 Å². The Balaban J connectivity index is 2.61. The lowest BCUT2D eigenvalue weighted by molar-refractivity contribution is -0.138. The van der Waals surface area contributed by atoms with Gasteiger partial charge in [-0.3, -0.25) is 0 Å². The fraction of sp³-hybridized carbons (Fsp3) is 0.400. The van der Waals surface area contributed by atoms with Crippen LogP contribution in [-0.4, -0.2) is 38.1 Å². The summed E-state index contributed by atoms with van der Waals surface area (Å²) in [6, 6.07) is 5.32. The van der Waals surface area contributed by atoms with Crippen molar-refractivity contribution in [2.75, 3.05) is 27.2 Å². The Labute approximate surface area is 121 Å². The Morgan fingerprint density at radius 3 is 2.57 bits per heavy atom. The summed E-state index contributed by atoms with van der Waals surface area (Å²) < 4.78 is 44.2. The van der Waals surface area contributed by atoms with Crippen molar-refractivity contribution in [2.24, 2.45) is 0 Å². The zero-order valence-corrected chi connectivity index (χ0v) is 11.8. The first-order valence-electron chi connectivity index (χ1n) is 6.50. The van der Waals surface area contributed by atoms with Gasteiger partial charge in [-0.1, -0.05) is 18.2 Å². The highest BCUT2D eigenvalue weighted by atomic mass is 19.4. The molecule has 0 saturated heterocycles. The van der Waals surface area contributed by atoms with Gasteiger partial charge in [0.25, 0.3) is 0 Å². The minimum absolute atomic E-state index is 0.0527. The predicted octanol–water partition coefficient (Wildman–Crippen LogP) is 2.97. The van der Waals surface area contributed by atoms with Crippen LogP contribution in [0.5, 0.6) is 0 Å². The number of likely N-dealkylation sites (N-methyl/N-ethyl adjacent to an activating group) is 1. The molecule has 0 atom stereocenters. The van der Waals surface area contributed by atoms with Crippen LogP contribution in [-0.2, 0) is 15.7 Å². The maximum Gasteiger partial charge on any atom is 0.416 e. The molecule has 0 unspecified atom stereocenters. The molecule has 0 spiro atoms. The number of carbonyl (C=O) groups excluding carboxylic acids is 1. The third-order valence-corrected chi connectivity index (χ3v) is 3.53.